The lowest BCUT2D eigenvalue weighted by atomic mass is 10.1. The molecule has 0 saturated heterocycles. The standard InChI is InChI=1S/C21H22N4O/c1-13-5-7-17(9-15(13)3)24-20-12-22-19(11-23-20)21(26)25-18-8-6-14(2)16(4)10-18/h5-12H,1-4H3,(H,23,24)(H,25,26). The predicted molar refractivity (Wildman–Crippen MR) is 105 cm³/mol. The highest BCUT2D eigenvalue weighted by Crippen LogP contribution is 2.18. The molecule has 132 valence electrons. The fourth-order valence-electron chi connectivity index (χ4n) is 2.49. The number of carbonyl (C=O) groups excluding carboxylic acids is 1. The highest BCUT2D eigenvalue weighted by atomic mass is 16.1. The fourth-order valence-corrected chi connectivity index (χ4v) is 2.49. The lowest BCUT2D eigenvalue weighted by molar-refractivity contribution is 0.102. The van der Waals surface area contributed by atoms with Crippen molar-refractivity contribution in [1.29, 1.82) is 0 Å². The molecule has 3 aromatic rings. The fraction of sp³-hybridized carbons (Fsp3) is 0.190. The number of benzene rings is 2. The van der Waals surface area contributed by atoms with E-state index in [9.17, 15) is 4.79 Å². The second-order valence-electron chi connectivity index (χ2n) is 6.46. The molecule has 5 nitrogen and oxygen atoms in total. The molecule has 1 aromatic heterocycles. The largest absolute Gasteiger partial charge is 0.339 e. The molecule has 0 fully saturated rings. The molecular formula is C21H22N4O. The van der Waals surface area contributed by atoms with E-state index >= 15 is 0 Å². The number of aryl methyl sites for hydroxylation is 4. The average molecular weight is 346 g/mol. The van der Waals surface area contributed by atoms with Gasteiger partial charge >= 0.3 is 0 Å². The topological polar surface area (TPSA) is 66.9 Å². The Labute approximate surface area is 153 Å². The monoisotopic (exact) mass is 346 g/mol. The average Bonchev–Trinajstić information content (AvgIpc) is 2.62. The van der Waals surface area contributed by atoms with Crippen LogP contribution in [0.3, 0.4) is 0 Å². The van der Waals surface area contributed by atoms with E-state index in [1.807, 2.05) is 38.1 Å². The molecule has 0 aliphatic heterocycles. The molecule has 0 unspecified atom stereocenters. The van der Waals surface area contributed by atoms with Gasteiger partial charge in [0.2, 0.25) is 0 Å². The molecule has 1 heterocycles. The Hall–Kier alpha value is -3.21. The van der Waals surface area contributed by atoms with Gasteiger partial charge < -0.3 is 10.6 Å². The van der Waals surface area contributed by atoms with E-state index in [2.05, 4.69) is 46.6 Å². The Balaban J connectivity index is 1.69. The SMILES string of the molecule is Cc1ccc(NC(=O)c2cnc(Nc3ccc(C)c(C)c3)cn2)cc1C. The maximum Gasteiger partial charge on any atom is 0.275 e. The molecule has 26 heavy (non-hydrogen) atoms. The van der Waals surface area contributed by atoms with Crippen molar-refractivity contribution in [2.45, 2.75) is 27.7 Å². The Morgan fingerprint density at radius 3 is 1.96 bits per heavy atom. The number of aromatic nitrogens is 2. The van der Waals surface area contributed by atoms with Crippen molar-refractivity contribution < 1.29 is 4.79 Å². The minimum atomic E-state index is -0.279. The Kier molecular flexibility index (Phi) is 4.98. The molecule has 0 radical (unpaired) electrons. The quantitative estimate of drug-likeness (QED) is 0.718. The van der Waals surface area contributed by atoms with Gasteiger partial charge in [0.05, 0.1) is 12.4 Å². The number of nitrogens with zero attached hydrogens (tertiary/aromatic N) is 2. The van der Waals surface area contributed by atoms with E-state index in [1.54, 1.807) is 6.20 Å². The summed E-state index contributed by atoms with van der Waals surface area (Å²) in [6.45, 7) is 8.18. The molecule has 1 amide bonds. The second kappa shape index (κ2) is 7.35. The van der Waals surface area contributed by atoms with E-state index < -0.39 is 0 Å². The van der Waals surface area contributed by atoms with Crippen LogP contribution in [0.1, 0.15) is 32.7 Å². The summed E-state index contributed by atoms with van der Waals surface area (Å²) in [7, 11) is 0. The minimum absolute atomic E-state index is 0.272. The number of hydrogen-bond acceptors (Lipinski definition) is 4. The van der Waals surface area contributed by atoms with Gasteiger partial charge in [0.15, 0.2) is 0 Å². The normalized spacial score (nSPS) is 10.5. The van der Waals surface area contributed by atoms with Gasteiger partial charge in [-0.05, 0) is 74.2 Å². The molecule has 0 spiro atoms. The third-order valence-electron chi connectivity index (χ3n) is 4.43. The molecule has 5 heteroatoms. The van der Waals surface area contributed by atoms with Crippen LogP contribution in [0.15, 0.2) is 48.8 Å². The minimum Gasteiger partial charge on any atom is -0.339 e. The summed E-state index contributed by atoms with van der Waals surface area (Å²) in [4.78, 5) is 20.8. The zero-order valence-electron chi connectivity index (χ0n) is 15.4. The molecule has 0 aliphatic rings. The third kappa shape index (κ3) is 4.06. The second-order valence-corrected chi connectivity index (χ2v) is 6.46. The Morgan fingerprint density at radius 1 is 0.769 bits per heavy atom. The molecule has 0 atom stereocenters. The van der Waals surface area contributed by atoms with Gasteiger partial charge in [0, 0.05) is 11.4 Å². The molecule has 0 saturated carbocycles. The summed E-state index contributed by atoms with van der Waals surface area (Å²) in [5, 5.41) is 6.04. The van der Waals surface area contributed by atoms with Gasteiger partial charge in [-0.2, -0.15) is 0 Å². The first kappa shape index (κ1) is 17.6. The summed E-state index contributed by atoms with van der Waals surface area (Å²) in [6, 6.07) is 11.9. The van der Waals surface area contributed by atoms with Crippen LogP contribution in [0.4, 0.5) is 17.2 Å². The molecular weight excluding hydrogens is 324 g/mol. The maximum atomic E-state index is 12.3. The van der Waals surface area contributed by atoms with E-state index in [4.69, 9.17) is 0 Å². The van der Waals surface area contributed by atoms with Crippen LogP contribution in [-0.4, -0.2) is 15.9 Å². The first-order valence-electron chi connectivity index (χ1n) is 8.47. The van der Waals surface area contributed by atoms with Gasteiger partial charge in [-0.1, -0.05) is 12.1 Å². The lowest BCUT2D eigenvalue weighted by Gasteiger charge is -2.09. The maximum absolute atomic E-state index is 12.3. The van der Waals surface area contributed by atoms with Crippen molar-refractivity contribution in [1.82, 2.24) is 9.97 Å². The number of anilines is 3. The first-order chi connectivity index (χ1) is 12.4. The number of carbonyl (C=O) groups is 1. The van der Waals surface area contributed by atoms with Crippen molar-refractivity contribution in [3.8, 4) is 0 Å². The van der Waals surface area contributed by atoms with Crippen molar-refractivity contribution in [2.75, 3.05) is 10.6 Å². The summed E-state index contributed by atoms with van der Waals surface area (Å²) < 4.78 is 0. The van der Waals surface area contributed by atoms with Crippen LogP contribution in [0.2, 0.25) is 0 Å². The summed E-state index contributed by atoms with van der Waals surface area (Å²) >= 11 is 0. The van der Waals surface area contributed by atoms with Gasteiger partial charge in [0.1, 0.15) is 11.5 Å². The van der Waals surface area contributed by atoms with Crippen molar-refractivity contribution in [3.63, 3.8) is 0 Å². The summed E-state index contributed by atoms with van der Waals surface area (Å²) in [6.07, 6.45) is 3.03. The number of nitrogens with one attached hydrogen (secondary N) is 2. The number of hydrogen-bond donors (Lipinski definition) is 2. The highest BCUT2D eigenvalue weighted by Gasteiger charge is 2.09. The van der Waals surface area contributed by atoms with E-state index in [0.717, 1.165) is 16.9 Å². The first-order valence-corrected chi connectivity index (χ1v) is 8.47. The molecule has 2 aromatic carbocycles. The number of rotatable bonds is 4. The van der Waals surface area contributed by atoms with Crippen molar-refractivity contribution in [2.24, 2.45) is 0 Å². The third-order valence-corrected chi connectivity index (χ3v) is 4.43. The van der Waals surface area contributed by atoms with Crippen LogP contribution in [0, 0.1) is 27.7 Å². The highest BCUT2D eigenvalue weighted by molar-refractivity contribution is 6.02. The van der Waals surface area contributed by atoms with E-state index in [0.29, 0.717) is 5.82 Å². The van der Waals surface area contributed by atoms with Gasteiger partial charge in [-0.15, -0.1) is 0 Å². The number of amides is 1. The smallest absolute Gasteiger partial charge is 0.275 e. The lowest BCUT2D eigenvalue weighted by Crippen LogP contribution is -2.14. The van der Waals surface area contributed by atoms with Crippen LogP contribution in [-0.2, 0) is 0 Å². The zero-order chi connectivity index (χ0) is 18.7. The van der Waals surface area contributed by atoms with Gasteiger partial charge in [-0.25, -0.2) is 9.97 Å². The Morgan fingerprint density at radius 2 is 1.38 bits per heavy atom. The van der Waals surface area contributed by atoms with E-state index in [1.165, 1.54) is 22.9 Å². The molecule has 0 aliphatic carbocycles. The molecule has 3 rings (SSSR count). The van der Waals surface area contributed by atoms with Crippen LogP contribution < -0.4 is 10.6 Å². The van der Waals surface area contributed by atoms with Crippen LogP contribution >= 0.6 is 0 Å². The molecule has 2 N–H and O–H groups in total. The Bertz CT molecular complexity index is 949. The van der Waals surface area contributed by atoms with Crippen molar-refractivity contribution >= 4 is 23.1 Å². The summed E-state index contributed by atoms with van der Waals surface area (Å²) in [5.41, 5.74) is 6.71. The predicted octanol–water partition coefficient (Wildman–Crippen LogP) is 4.71. The molecule has 0 bridgehead atoms. The van der Waals surface area contributed by atoms with Gasteiger partial charge in [-0.3, -0.25) is 4.79 Å². The summed E-state index contributed by atoms with van der Waals surface area (Å²) in [5.74, 6) is 0.314. The van der Waals surface area contributed by atoms with Crippen molar-refractivity contribution in [3.05, 3.63) is 76.7 Å². The van der Waals surface area contributed by atoms with Crippen LogP contribution in [0.25, 0.3) is 0 Å². The van der Waals surface area contributed by atoms with Crippen LogP contribution in [0.5, 0.6) is 0 Å². The van der Waals surface area contributed by atoms with E-state index in [-0.39, 0.29) is 11.6 Å². The van der Waals surface area contributed by atoms with Gasteiger partial charge in [0.25, 0.3) is 5.91 Å². The zero-order valence-corrected chi connectivity index (χ0v) is 15.4.